The molecule has 1 aromatic heterocycles. The molecule has 5 nitrogen and oxygen atoms in total. The van der Waals surface area contributed by atoms with Crippen LogP contribution in [0.3, 0.4) is 0 Å². The zero-order valence-corrected chi connectivity index (χ0v) is 14.7. The lowest BCUT2D eigenvalue weighted by Gasteiger charge is -2.19. The standard InChI is InChI=1S/C14H15Br2N3O2/c1-2-10(15)12-8-19(18-17-12)7-9-5-13-14(6-11(9)16)21-4-3-20-13/h5-6,8,10H,2-4,7H2,1H3. The topological polar surface area (TPSA) is 49.2 Å². The summed E-state index contributed by atoms with van der Waals surface area (Å²) in [5, 5.41) is 8.37. The van der Waals surface area contributed by atoms with Gasteiger partial charge in [-0.2, -0.15) is 0 Å². The van der Waals surface area contributed by atoms with Gasteiger partial charge in [-0.1, -0.05) is 44.0 Å². The summed E-state index contributed by atoms with van der Waals surface area (Å²) in [6, 6.07) is 3.94. The molecule has 2 aromatic rings. The zero-order chi connectivity index (χ0) is 14.8. The number of aromatic nitrogens is 3. The highest BCUT2D eigenvalue weighted by atomic mass is 79.9. The third-order valence-electron chi connectivity index (χ3n) is 3.28. The number of nitrogens with zero attached hydrogens (tertiary/aromatic N) is 3. The fraction of sp³-hybridized carbons (Fsp3) is 0.429. The van der Waals surface area contributed by atoms with E-state index in [4.69, 9.17) is 9.47 Å². The number of halogens is 2. The maximum atomic E-state index is 5.62. The lowest BCUT2D eigenvalue weighted by molar-refractivity contribution is 0.171. The van der Waals surface area contributed by atoms with Crippen LogP contribution in [0.5, 0.6) is 11.5 Å². The molecule has 0 saturated heterocycles. The second-order valence-electron chi connectivity index (χ2n) is 4.80. The van der Waals surface area contributed by atoms with E-state index >= 15 is 0 Å². The maximum Gasteiger partial charge on any atom is 0.162 e. The Bertz CT molecular complexity index is 645. The van der Waals surface area contributed by atoms with E-state index in [1.54, 1.807) is 0 Å². The van der Waals surface area contributed by atoms with Crippen molar-refractivity contribution in [2.45, 2.75) is 24.7 Å². The zero-order valence-electron chi connectivity index (χ0n) is 11.6. The molecule has 3 rings (SSSR count). The van der Waals surface area contributed by atoms with Gasteiger partial charge in [0.1, 0.15) is 13.2 Å². The van der Waals surface area contributed by atoms with E-state index in [2.05, 4.69) is 49.1 Å². The highest BCUT2D eigenvalue weighted by molar-refractivity contribution is 9.10. The van der Waals surface area contributed by atoms with Crippen molar-refractivity contribution in [3.05, 3.63) is 34.1 Å². The van der Waals surface area contributed by atoms with Gasteiger partial charge in [0.25, 0.3) is 0 Å². The third kappa shape index (κ3) is 3.23. The number of benzene rings is 1. The fourth-order valence-corrected chi connectivity index (χ4v) is 2.80. The summed E-state index contributed by atoms with van der Waals surface area (Å²) in [6.45, 7) is 3.92. The summed E-state index contributed by atoms with van der Waals surface area (Å²) in [5.74, 6) is 1.56. The van der Waals surface area contributed by atoms with Gasteiger partial charge in [-0.05, 0) is 24.1 Å². The Hall–Kier alpha value is -1.08. The summed E-state index contributed by atoms with van der Waals surface area (Å²) >= 11 is 7.16. The third-order valence-corrected chi connectivity index (χ3v) is 5.13. The van der Waals surface area contributed by atoms with Crippen LogP contribution < -0.4 is 9.47 Å². The molecule has 1 aromatic carbocycles. The average molecular weight is 417 g/mol. The number of hydrogen-bond acceptors (Lipinski definition) is 4. The van der Waals surface area contributed by atoms with Gasteiger partial charge in [-0.3, -0.25) is 0 Å². The van der Waals surface area contributed by atoms with E-state index in [-0.39, 0.29) is 4.83 Å². The summed E-state index contributed by atoms with van der Waals surface area (Å²) in [4.78, 5) is 0.245. The van der Waals surface area contributed by atoms with Crippen molar-refractivity contribution in [2.24, 2.45) is 0 Å². The van der Waals surface area contributed by atoms with E-state index in [0.29, 0.717) is 19.8 Å². The summed E-state index contributed by atoms with van der Waals surface area (Å²) < 4.78 is 14.0. The van der Waals surface area contributed by atoms with Crippen molar-refractivity contribution in [1.29, 1.82) is 0 Å². The van der Waals surface area contributed by atoms with Crippen molar-refractivity contribution in [3.63, 3.8) is 0 Å². The molecule has 112 valence electrons. The molecule has 0 spiro atoms. The summed E-state index contributed by atoms with van der Waals surface area (Å²) in [6.07, 6.45) is 2.94. The Kier molecular flexibility index (Phi) is 4.49. The van der Waals surface area contributed by atoms with Crippen LogP contribution in [0.4, 0.5) is 0 Å². The quantitative estimate of drug-likeness (QED) is 0.713. The predicted molar refractivity (Wildman–Crippen MR) is 86.2 cm³/mol. The lowest BCUT2D eigenvalue weighted by atomic mass is 10.2. The van der Waals surface area contributed by atoms with E-state index in [1.807, 2.05) is 23.0 Å². The van der Waals surface area contributed by atoms with Gasteiger partial charge in [-0.15, -0.1) is 5.10 Å². The van der Waals surface area contributed by atoms with Crippen LogP contribution in [-0.2, 0) is 6.54 Å². The molecular formula is C14H15Br2N3O2. The molecule has 1 unspecified atom stereocenters. The van der Waals surface area contributed by atoms with Crippen LogP contribution in [0.15, 0.2) is 22.8 Å². The molecule has 1 aliphatic heterocycles. The first-order valence-electron chi connectivity index (χ1n) is 6.79. The number of fused-ring (bicyclic) bond motifs is 1. The van der Waals surface area contributed by atoms with Crippen molar-refractivity contribution >= 4 is 31.9 Å². The van der Waals surface area contributed by atoms with Gasteiger partial charge >= 0.3 is 0 Å². The largest absolute Gasteiger partial charge is 0.486 e. The van der Waals surface area contributed by atoms with Crippen molar-refractivity contribution in [2.75, 3.05) is 13.2 Å². The van der Waals surface area contributed by atoms with E-state index in [9.17, 15) is 0 Å². The Morgan fingerprint density at radius 1 is 1.29 bits per heavy atom. The molecule has 1 atom stereocenters. The van der Waals surface area contributed by atoms with Gasteiger partial charge in [0, 0.05) is 10.7 Å². The number of ether oxygens (including phenoxy) is 2. The number of alkyl halides is 1. The Morgan fingerprint density at radius 3 is 2.71 bits per heavy atom. The van der Waals surface area contributed by atoms with Crippen LogP contribution >= 0.6 is 31.9 Å². The van der Waals surface area contributed by atoms with Crippen LogP contribution in [-0.4, -0.2) is 28.2 Å². The molecule has 0 fully saturated rings. The number of rotatable bonds is 4. The SMILES string of the molecule is CCC(Br)c1cn(Cc2cc3c(cc2Br)OCCO3)nn1. The van der Waals surface area contributed by atoms with Crippen LogP contribution in [0, 0.1) is 0 Å². The van der Waals surface area contributed by atoms with Crippen LogP contribution in [0.2, 0.25) is 0 Å². The molecule has 0 saturated carbocycles. The molecule has 1 aliphatic rings. The monoisotopic (exact) mass is 415 g/mol. The van der Waals surface area contributed by atoms with Crippen molar-refractivity contribution < 1.29 is 9.47 Å². The van der Waals surface area contributed by atoms with Gasteiger partial charge in [-0.25, -0.2) is 4.68 Å². The fourth-order valence-electron chi connectivity index (χ4n) is 2.15. The number of hydrogen-bond donors (Lipinski definition) is 0. The first-order chi connectivity index (χ1) is 10.2. The van der Waals surface area contributed by atoms with Gasteiger partial charge in [0.2, 0.25) is 0 Å². The molecule has 0 aliphatic carbocycles. The highest BCUT2D eigenvalue weighted by Gasteiger charge is 2.16. The van der Waals surface area contributed by atoms with Crippen LogP contribution in [0.1, 0.15) is 29.4 Å². The molecule has 0 N–H and O–H groups in total. The minimum atomic E-state index is 0.245. The minimum absolute atomic E-state index is 0.245. The molecule has 2 heterocycles. The Balaban J connectivity index is 1.82. The predicted octanol–water partition coefficient (Wildman–Crippen LogP) is 3.71. The molecule has 21 heavy (non-hydrogen) atoms. The molecule has 0 bridgehead atoms. The second-order valence-corrected chi connectivity index (χ2v) is 6.76. The smallest absolute Gasteiger partial charge is 0.162 e. The maximum absolute atomic E-state index is 5.62. The lowest BCUT2D eigenvalue weighted by Crippen LogP contribution is -2.16. The molecule has 7 heteroatoms. The molecule has 0 radical (unpaired) electrons. The van der Waals surface area contributed by atoms with Crippen LogP contribution in [0.25, 0.3) is 0 Å². The van der Waals surface area contributed by atoms with Gasteiger partial charge in [0.05, 0.1) is 17.1 Å². The van der Waals surface area contributed by atoms with E-state index in [0.717, 1.165) is 33.6 Å². The van der Waals surface area contributed by atoms with Crippen molar-refractivity contribution in [3.8, 4) is 11.5 Å². The van der Waals surface area contributed by atoms with E-state index in [1.165, 1.54) is 0 Å². The average Bonchev–Trinajstić information content (AvgIpc) is 2.96. The first kappa shape index (κ1) is 14.8. The molecular weight excluding hydrogens is 402 g/mol. The normalized spacial score (nSPS) is 15.0. The van der Waals surface area contributed by atoms with Gasteiger partial charge < -0.3 is 9.47 Å². The van der Waals surface area contributed by atoms with Crippen molar-refractivity contribution in [1.82, 2.24) is 15.0 Å². The highest BCUT2D eigenvalue weighted by Crippen LogP contribution is 2.35. The Morgan fingerprint density at radius 2 is 2.00 bits per heavy atom. The summed E-state index contributed by atoms with van der Waals surface area (Å²) in [7, 11) is 0. The van der Waals surface area contributed by atoms with E-state index < -0.39 is 0 Å². The minimum Gasteiger partial charge on any atom is -0.486 e. The second kappa shape index (κ2) is 6.36. The first-order valence-corrected chi connectivity index (χ1v) is 8.50. The van der Waals surface area contributed by atoms with Gasteiger partial charge in [0.15, 0.2) is 11.5 Å². The molecule has 0 amide bonds. The Labute approximate surface area is 139 Å². The summed E-state index contributed by atoms with van der Waals surface area (Å²) in [5.41, 5.74) is 2.03.